The zero-order valence-corrected chi connectivity index (χ0v) is 15.8. The number of carbonyl (C=O) groups is 1. The van der Waals surface area contributed by atoms with Gasteiger partial charge in [-0.1, -0.05) is 12.1 Å². The van der Waals surface area contributed by atoms with Gasteiger partial charge >= 0.3 is 6.18 Å². The smallest absolute Gasteiger partial charge is 0.416 e. The van der Waals surface area contributed by atoms with E-state index in [0.717, 1.165) is 17.7 Å². The van der Waals surface area contributed by atoms with Crippen LogP contribution >= 0.6 is 0 Å². The fourth-order valence-electron chi connectivity index (χ4n) is 2.65. The van der Waals surface area contributed by atoms with Crippen LogP contribution < -0.4 is 10.1 Å². The number of nitrogens with zero attached hydrogens (tertiary/aromatic N) is 2. The lowest BCUT2D eigenvalue weighted by molar-refractivity contribution is -0.137. The molecule has 30 heavy (non-hydrogen) atoms. The number of carbonyl (C=O) groups excluding carboxylic acids is 1. The lowest BCUT2D eigenvalue weighted by Crippen LogP contribution is -2.35. The number of alkyl halides is 3. The quantitative estimate of drug-likeness (QED) is 0.588. The molecule has 0 saturated heterocycles. The van der Waals surface area contributed by atoms with Crippen molar-refractivity contribution in [2.24, 2.45) is 0 Å². The van der Waals surface area contributed by atoms with Crippen molar-refractivity contribution in [2.75, 3.05) is 13.2 Å². The average molecular weight is 419 g/mol. The van der Waals surface area contributed by atoms with Gasteiger partial charge in [-0.25, -0.2) is 0 Å². The molecule has 9 heteroatoms. The van der Waals surface area contributed by atoms with Gasteiger partial charge in [-0.2, -0.15) is 18.3 Å². The van der Waals surface area contributed by atoms with E-state index in [0.29, 0.717) is 12.1 Å². The lowest BCUT2D eigenvalue weighted by atomic mass is 10.1. The second kappa shape index (κ2) is 9.45. The highest BCUT2D eigenvalue weighted by Gasteiger charge is 2.30. The van der Waals surface area contributed by atoms with Gasteiger partial charge in [-0.15, -0.1) is 0 Å². The number of nitrogens with one attached hydrogen (secondary N) is 1. The van der Waals surface area contributed by atoms with E-state index in [4.69, 9.17) is 4.74 Å². The van der Waals surface area contributed by atoms with Crippen LogP contribution in [0.25, 0.3) is 0 Å². The minimum Gasteiger partial charge on any atom is -0.491 e. The summed E-state index contributed by atoms with van der Waals surface area (Å²) in [6, 6.07) is 13.0. The number of halogens is 3. The lowest BCUT2D eigenvalue weighted by Gasteiger charge is -2.14. The summed E-state index contributed by atoms with van der Waals surface area (Å²) in [5.41, 5.74) is 0.647. The maximum absolute atomic E-state index is 12.5. The molecule has 2 N–H and O–H groups in total. The molecule has 0 saturated carbocycles. The first kappa shape index (κ1) is 21.4. The molecule has 3 rings (SSSR count). The number of hydrogen-bond acceptors (Lipinski definition) is 4. The van der Waals surface area contributed by atoms with Gasteiger partial charge in [0.05, 0.1) is 12.1 Å². The van der Waals surface area contributed by atoms with Crippen molar-refractivity contribution in [3.05, 3.63) is 83.7 Å². The monoisotopic (exact) mass is 419 g/mol. The van der Waals surface area contributed by atoms with E-state index in [1.54, 1.807) is 23.0 Å². The fourth-order valence-corrected chi connectivity index (χ4v) is 2.65. The molecule has 0 bridgehead atoms. The van der Waals surface area contributed by atoms with Crippen LogP contribution in [0, 0.1) is 0 Å². The van der Waals surface area contributed by atoms with E-state index in [1.165, 1.54) is 12.1 Å². The summed E-state index contributed by atoms with van der Waals surface area (Å²) in [7, 11) is 0. The number of amides is 1. The van der Waals surface area contributed by atoms with Crippen molar-refractivity contribution < 1.29 is 27.8 Å². The number of benzene rings is 2. The van der Waals surface area contributed by atoms with Crippen molar-refractivity contribution in [3.8, 4) is 5.75 Å². The molecule has 0 fully saturated rings. The Kier molecular flexibility index (Phi) is 6.73. The SMILES string of the molecule is O=C(NCC(O)COc1ccc(C(F)(F)F)cc1)c1ccc(Cn2cccn2)cc1. The molecule has 2 aromatic carbocycles. The molecule has 0 spiro atoms. The molecule has 1 atom stereocenters. The number of aliphatic hydroxyl groups excluding tert-OH is 1. The summed E-state index contributed by atoms with van der Waals surface area (Å²) in [6.45, 7) is 0.359. The summed E-state index contributed by atoms with van der Waals surface area (Å²) in [5.74, 6) is -0.157. The normalized spacial score (nSPS) is 12.4. The summed E-state index contributed by atoms with van der Waals surface area (Å²) in [4.78, 5) is 12.2. The summed E-state index contributed by atoms with van der Waals surface area (Å²) < 4.78 is 44.6. The van der Waals surface area contributed by atoms with Crippen molar-refractivity contribution in [3.63, 3.8) is 0 Å². The molecule has 158 valence electrons. The van der Waals surface area contributed by atoms with Gasteiger partial charge in [0.2, 0.25) is 0 Å². The van der Waals surface area contributed by atoms with Crippen LogP contribution in [0.2, 0.25) is 0 Å². The third kappa shape index (κ3) is 6.08. The van der Waals surface area contributed by atoms with Crippen LogP contribution in [0.1, 0.15) is 21.5 Å². The molecule has 1 aromatic heterocycles. The number of aliphatic hydroxyl groups is 1. The second-order valence-electron chi connectivity index (χ2n) is 6.60. The molecule has 6 nitrogen and oxygen atoms in total. The Labute approximate surface area is 170 Å². The molecule has 0 radical (unpaired) electrons. The number of aromatic nitrogens is 2. The standard InChI is InChI=1S/C21H20F3N3O3/c22-21(23,24)17-6-8-19(9-7-17)30-14-18(28)12-25-20(29)16-4-2-15(3-5-16)13-27-11-1-10-26-27/h1-11,18,28H,12-14H2,(H,25,29). The highest BCUT2D eigenvalue weighted by atomic mass is 19.4. The molecular formula is C21H20F3N3O3. The maximum atomic E-state index is 12.5. The van der Waals surface area contributed by atoms with Crippen molar-refractivity contribution >= 4 is 5.91 Å². The highest BCUT2D eigenvalue weighted by molar-refractivity contribution is 5.94. The number of hydrogen-bond donors (Lipinski definition) is 2. The zero-order valence-electron chi connectivity index (χ0n) is 15.8. The molecule has 1 amide bonds. The molecule has 0 aliphatic carbocycles. The maximum Gasteiger partial charge on any atom is 0.416 e. The molecule has 0 aliphatic rings. The van der Waals surface area contributed by atoms with Gasteiger partial charge in [0.25, 0.3) is 5.91 Å². The second-order valence-corrected chi connectivity index (χ2v) is 6.60. The van der Waals surface area contributed by atoms with E-state index in [-0.39, 0.29) is 24.8 Å². The Balaban J connectivity index is 1.42. The van der Waals surface area contributed by atoms with Gasteiger partial charge in [0, 0.05) is 24.5 Å². The minimum absolute atomic E-state index is 0.0610. The average Bonchev–Trinajstić information content (AvgIpc) is 3.23. The van der Waals surface area contributed by atoms with Crippen LogP contribution in [0.5, 0.6) is 5.75 Å². The van der Waals surface area contributed by atoms with E-state index in [1.807, 2.05) is 24.4 Å². The van der Waals surface area contributed by atoms with Gasteiger partial charge in [0.15, 0.2) is 0 Å². The first-order valence-electron chi connectivity index (χ1n) is 9.14. The highest BCUT2D eigenvalue weighted by Crippen LogP contribution is 2.30. The van der Waals surface area contributed by atoms with Gasteiger partial charge in [-0.3, -0.25) is 9.48 Å². The Hall–Kier alpha value is -3.33. The van der Waals surface area contributed by atoms with Crippen molar-refractivity contribution in [1.82, 2.24) is 15.1 Å². The predicted molar refractivity (Wildman–Crippen MR) is 103 cm³/mol. The summed E-state index contributed by atoms with van der Waals surface area (Å²) in [6.07, 6.45) is -1.90. The third-order valence-corrected chi connectivity index (χ3v) is 4.24. The van der Waals surface area contributed by atoms with E-state index >= 15 is 0 Å². The fraction of sp³-hybridized carbons (Fsp3) is 0.238. The Morgan fingerprint density at radius 3 is 2.43 bits per heavy atom. The molecular weight excluding hydrogens is 399 g/mol. The first-order chi connectivity index (χ1) is 14.3. The molecule has 1 heterocycles. The number of ether oxygens (including phenoxy) is 1. The van der Waals surface area contributed by atoms with Crippen LogP contribution in [-0.4, -0.2) is 40.0 Å². The molecule has 1 unspecified atom stereocenters. The Morgan fingerprint density at radius 1 is 1.13 bits per heavy atom. The molecule has 0 aliphatic heterocycles. The van der Waals surface area contributed by atoms with Gasteiger partial charge in [-0.05, 0) is 48.0 Å². The van der Waals surface area contributed by atoms with Gasteiger partial charge in [0.1, 0.15) is 18.5 Å². The topological polar surface area (TPSA) is 76.4 Å². The largest absolute Gasteiger partial charge is 0.491 e. The summed E-state index contributed by atoms with van der Waals surface area (Å²) >= 11 is 0. The summed E-state index contributed by atoms with van der Waals surface area (Å²) in [5, 5.41) is 16.7. The zero-order chi connectivity index (χ0) is 21.6. The third-order valence-electron chi connectivity index (χ3n) is 4.24. The van der Waals surface area contributed by atoms with Crippen LogP contribution in [0.3, 0.4) is 0 Å². The van der Waals surface area contributed by atoms with Crippen molar-refractivity contribution in [2.45, 2.75) is 18.8 Å². The van der Waals surface area contributed by atoms with Crippen LogP contribution in [0.4, 0.5) is 13.2 Å². The van der Waals surface area contributed by atoms with E-state index < -0.39 is 17.8 Å². The van der Waals surface area contributed by atoms with Gasteiger partial charge < -0.3 is 15.2 Å². The molecule has 3 aromatic rings. The van der Waals surface area contributed by atoms with Crippen molar-refractivity contribution in [1.29, 1.82) is 0 Å². The van der Waals surface area contributed by atoms with E-state index in [9.17, 15) is 23.1 Å². The minimum atomic E-state index is -4.42. The van der Waals surface area contributed by atoms with Crippen LogP contribution in [-0.2, 0) is 12.7 Å². The first-order valence-corrected chi connectivity index (χ1v) is 9.14. The Bertz CT molecular complexity index is 940. The Morgan fingerprint density at radius 2 is 1.83 bits per heavy atom. The van der Waals surface area contributed by atoms with E-state index in [2.05, 4.69) is 10.4 Å². The van der Waals surface area contributed by atoms with Crippen LogP contribution in [0.15, 0.2) is 67.0 Å². The number of rotatable bonds is 8. The predicted octanol–water partition coefficient (Wildman–Crippen LogP) is 3.12.